The number of aryl methyl sites for hydroxylation is 2. The molecule has 0 bridgehead atoms. The molecule has 0 aliphatic carbocycles. The number of carboxylic acids is 1. The van der Waals surface area contributed by atoms with Crippen LogP contribution in [0.1, 0.15) is 22.3 Å². The van der Waals surface area contributed by atoms with Crippen molar-refractivity contribution >= 4 is 17.1 Å². The van der Waals surface area contributed by atoms with Crippen LogP contribution in [0.15, 0.2) is 53.8 Å². The summed E-state index contributed by atoms with van der Waals surface area (Å²) in [6.45, 7) is 0.654. The molecule has 9 nitrogen and oxygen atoms in total. The van der Waals surface area contributed by atoms with Crippen molar-refractivity contribution in [3.63, 3.8) is 0 Å². The fourth-order valence-electron chi connectivity index (χ4n) is 2.86. The van der Waals surface area contributed by atoms with Crippen molar-refractivity contribution in [3.05, 3.63) is 70.5 Å². The highest BCUT2D eigenvalue weighted by atomic mass is 16.4. The smallest absolute Gasteiger partial charge is 0.338 e. The van der Waals surface area contributed by atoms with E-state index in [1.165, 1.54) is 22.6 Å². The molecule has 27 heavy (non-hydrogen) atoms. The maximum absolute atomic E-state index is 12.3. The van der Waals surface area contributed by atoms with Crippen LogP contribution < -0.4 is 5.56 Å². The van der Waals surface area contributed by atoms with Gasteiger partial charge in [-0.15, -0.1) is 0 Å². The summed E-state index contributed by atoms with van der Waals surface area (Å²) in [6.07, 6.45) is 5.85. The zero-order chi connectivity index (χ0) is 18.8. The summed E-state index contributed by atoms with van der Waals surface area (Å²) in [5, 5.41) is 13.0. The molecular formula is C18H16N6O3. The summed E-state index contributed by atoms with van der Waals surface area (Å²) in [5.41, 5.74) is 1.53. The van der Waals surface area contributed by atoms with Crippen molar-refractivity contribution in [1.29, 1.82) is 0 Å². The van der Waals surface area contributed by atoms with E-state index in [4.69, 9.17) is 5.11 Å². The lowest BCUT2D eigenvalue weighted by molar-refractivity contribution is 0.0697. The molecule has 136 valence electrons. The van der Waals surface area contributed by atoms with Crippen LogP contribution >= 0.6 is 0 Å². The first kappa shape index (κ1) is 16.7. The predicted molar refractivity (Wildman–Crippen MR) is 97.0 cm³/mol. The van der Waals surface area contributed by atoms with Gasteiger partial charge in [0.2, 0.25) is 5.95 Å². The summed E-state index contributed by atoms with van der Waals surface area (Å²) >= 11 is 0. The number of nitrogens with one attached hydrogen (secondary N) is 1. The molecule has 1 aromatic carbocycles. The summed E-state index contributed by atoms with van der Waals surface area (Å²) in [4.78, 5) is 34.4. The first-order chi connectivity index (χ1) is 13.1. The van der Waals surface area contributed by atoms with E-state index in [0.717, 1.165) is 12.8 Å². The number of aromatic carboxylic acids is 1. The quantitative estimate of drug-likeness (QED) is 0.537. The van der Waals surface area contributed by atoms with Crippen molar-refractivity contribution in [2.45, 2.75) is 19.4 Å². The maximum atomic E-state index is 12.3. The van der Waals surface area contributed by atoms with Gasteiger partial charge in [0.05, 0.1) is 18.1 Å². The van der Waals surface area contributed by atoms with E-state index in [1.54, 1.807) is 6.33 Å². The van der Waals surface area contributed by atoms with Crippen LogP contribution in [0.5, 0.6) is 0 Å². The van der Waals surface area contributed by atoms with Gasteiger partial charge in [-0.05, 0) is 18.4 Å². The number of hydrogen-bond acceptors (Lipinski definition) is 5. The van der Waals surface area contributed by atoms with Crippen LogP contribution in [-0.4, -0.2) is 40.4 Å². The van der Waals surface area contributed by atoms with E-state index in [2.05, 4.69) is 32.2 Å². The number of carboxylic acid groups (broad SMARTS) is 1. The molecule has 4 aromatic rings. The Kier molecular flexibility index (Phi) is 4.25. The molecule has 0 aliphatic rings. The summed E-state index contributed by atoms with van der Waals surface area (Å²) < 4.78 is 3.05. The lowest BCUT2D eigenvalue weighted by atomic mass is 10.1. The van der Waals surface area contributed by atoms with Gasteiger partial charge in [-0.1, -0.05) is 30.3 Å². The molecule has 0 unspecified atom stereocenters. The van der Waals surface area contributed by atoms with Gasteiger partial charge < -0.3 is 9.67 Å². The minimum atomic E-state index is -1.10. The Balaban J connectivity index is 1.61. The average Bonchev–Trinajstić information content (AvgIpc) is 3.30. The molecule has 3 heterocycles. The summed E-state index contributed by atoms with van der Waals surface area (Å²) in [5.74, 6) is -0.958. The highest BCUT2D eigenvalue weighted by molar-refractivity contribution is 5.86. The Morgan fingerprint density at radius 2 is 2.04 bits per heavy atom. The number of imidazole rings is 1. The predicted octanol–water partition coefficient (Wildman–Crippen LogP) is 1.64. The normalized spacial score (nSPS) is 11.1. The average molecular weight is 364 g/mol. The lowest BCUT2D eigenvalue weighted by Gasteiger charge is -2.05. The Bertz CT molecular complexity index is 1160. The highest BCUT2D eigenvalue weighted by Gasteiger charge is 2.13. The topological polar surface area (TPSA) is 119 Å². The van der Waals surface area contributed by atoms with Crippen molar-refractivity contribution in [1.82, 2.24) is 29.3 Å². The van der Waals surface area contributed by atoms with Gasteiger partial charge in [-0.25, -0.2) is 14.5 Å². The highest BCUT2D eigenvalue weighted by Crippen LogP contribution is 2.11. The van der Waals surface area contributed by atoms with Gasteiger partial charge in [-0.2, -0.15) is 10.1 Å². The number of fused-ring (bicyclic) bond motifs is 1. The molecule has 0 fully saturated rings. The van der Waals surface area contributed by atoms with Crippen LogP contribution in [0, 0.1) is 0 Å². The number of H-pyrrole nitrogens is 1. The molecular weight excluding hydrogens is 348 g/mol. The van der Waals surface area contributed by atoms with Crippen LogP contribution in [0.2, 0.25) is 0 Å². The molecule has 4 rings (SSSR count). The van der Waals surface area contributed by atoms with E-state index in [-0.39, 0.29) is 17.0 Å². The fourth-order valence-corrected chi connectivity index (χ4v) is 2.86. The Hall–Kier alpha value is -3.75. The molecule has 0 spiro atoms. The molecule has 0 aliphatic heterocycles. The SMILES string of the molecule is O=C(O)c1cnn(-c2nc3c(ncn3CCCc3ccccc3)c(=O)[nH]2)c1. The van der Waals surface area contributed by atoms with E-state index >= 15 is 0 Å². The minimum Gasteiger partial charge on any atom is -0.478 e. The fraction of sp³-hybridized carbons (Fsp3) is 0.167. The van der Waals surface area contributed by atoms with Gasteiger partial charge in [0.25, 0.3) is 5.56 Å². The maximum Gasteiger partial charge on any atom is 0.338 e. The van der Waals surface area contributed by atoms with Gasteiger partial charge >= 0.3 is 5.97 Å². The minimum absolute atomic E-state index is 0.00844. The van der Waals surface area contributed by atoms with Crippen LogP contribution in [0.4, 0.5) is 0 Å². The standard InChI is InChI=1S/C18H16N6O3/c25-16-14-15(21-18(22-16)24-10-13(9-20-24)17(26)27)23(11-19-14)8-4-7-12-5-2-1-3-6-12/h1-3,5-6,9-11H,4,7-8H2,(H,26,27)(H,21,22,25). The molecule has 0 radical (unpaired) electrons. The van der Waals surface area contributed by atoms with Gasteiger partial charge in [0.1, 0.15) is 0 Å². The first-order valence-electron chi connectivity index (χ1n) is 8.39. The third kappa shape index (κ3) is 3.34. The van der Waals surface area contributed by atoms with Crippen molar-refractivity contribution in [2.75, 3.05) is 0 Å². The van der Waals surface area contributed by atoms with Gasteiger partial charge in [0, 0.05) is 12.7 Å². The molecule has 0 amide bonds. The number of hydrogen-bond donors (Lipinski definition) is 2. The molecule has 9 heteroatoms. The zero-order valence-electron chi connectivity index (χ0n) is 14.2. The summed E-state index contributed by atoms with van der Waals surface area (Å²) in [7, 11) is 0. The monoisotopic (exact) mass is 364 g/mol. The van der Waals surface area contributed by atoms with Gasteiger partial charge in [-0.3, -0.25) is 9.78 Å². The molecule has 0 saturated carbocycles. The second-order valence-corrected chi connectivity index (χ2v) is 6.07. The van der Waals surface area contributed by atoms with Crippen molar-refractivity contribution in [2.24, 2.45) is 0 Å². The van der Waals surface area contributed by atoms with Crippen LogP contribution in [0.25, 0.3) is 17.1 Å². The first-order valence-corrected chi connectivity index (χ1v) is 8.39. The molecule has 2 N–H and O–H groups in total. The second-order valence-electron chi connectivity index (χ2n) is 6.07. The molecule has 0 saturated heterocycles. The van der Waals surface area contributed by atoms with E-state index in [1.807, 2.05) is 22.8 Å². The Morgan fingerprint density at radius 3 is 2.78 bits per heavy atom. The number of aromatic amines is 1. The largest absolute Gasteiger partial charge is 0.478 e. The molecule has 3 aromatic heterocycles. The van der Waals surface area contributed by atoms with Crippen molar-refractivity contribution in [3.8, 4) is 5.95 Å². The number of carbonyl (C=O) groups is 1. The number of aromatic nitrogens is 6. The number of nitrogens with zero attached hydrogens (tertiary/aromatic N) is 5. The Morgan fingerprint density at radius 1 is 1.22 bits per heavy atom. The zero-order valence-corrected chi connectivity index (χ0v) is 14.2. The van der Waals surface area contributed by atoms with Crippen LogP contribution in [0.3, 0.4) is 0 Å². The molecule has 0 atom stereocenters. The van der Waals surface area contributed by atoms with Gasteiger partial charge in [0.15, 0.2) is 11.2 Å². The Labute approximate surface area is 152 Å². The third-order valence-electron chi connectivity index (χ3n) is 4.22. The van der Waals surface area contributed by atoms with Crippen molar-refractivity contribution < 1.29 is 9.90 Å². The van der Waals surface area contributed by atoms with E-state index in [0.29, 0.717) is 12.2 Å². The second kappa shape index (κ2) is 6.87. The lowest BCUT2D eigenvalue weighted by Crippen LogP contribution is -2.15. The van der Waals surface area contributed by atoms with E-state index in [9.17, 15) is 9.59 Å². The number of rotatable bonds is 6. The summed E-state index contributed by atoms with van der Waals surface area (Å²) in [6, 6.07) is 10.1. The van der Waals surface area contributed by atoms with Crippen LogP contribution in [-0.2, 0) is 13.0 Å². The van der Waals surface area contributed by atoms with E-state index < -0.39 is 11.5 Å². The number of benzene rings is 1. The third-order valence-corrected chi connectivity index (χ3v) is 4.22.